The molecule has 0 aliphatic carbocycles. The molecule has 1 fully saturated rings. The summed E-state index contributed by atoms with van der Waals surface area (Å²) >= 11 is 0. The van der Waals surface area contributed by atoms with Gasteiger partial charge < -0.3 is 15.0 Å². The van der Waals surface area contributed by atoms with Gasteiger partial charge in [-0.1, -0.05) is 6.07 Å². The van der Waals surface area contributed by atoms with Gasteiger partial charge in [0.25, 0.3) is 0 Å². The van der Waals surface area contributed by atoms with Crippen molar-refractivity contribution >= 4 is 22.8 Å². The van der Waals surface area contributed by atoms with E-state index >= 15 is 0 Å². The topological polar surface area (TPSA) is 82.1 Å². The number of carboxylic acids is 1. The fourth-order valence-corrected chi connectivity index (χ4v) is 3.85. The number of aliphatic carboxylic acids is 1. The van der Waals surface area contributed by atoms with Crippen LogP contribution in [0.25, 0.3) is 11.0 Å². The fourth-order valence-electron chi connectivity index (χ4n) is 3.85. The fraction of sp³-hybridized carbons (Fsp3) is 0.316. The number of fused-ring (bicyclic) bond motifs is 1. The zero-order valence-electron chi connectivity index (χ0n) is 14.5. The first kappa shape index (κ1) is 17.4. The summed E-state index contributed by atoms with van der Waals surface area (Å²) in [6.07, 6.45) is 4.23. The minimum Gasteiger partial charge on any atom is -0.481 e. The lowest BCUT2D eigenvalue weighted by molar-refractivity contribution is -0.149. The number of aromatic amines is 1. The lowest BCUT2D eigenvalue weighted by Gasteiger charge is -2.40. The van der Waals surface area contributed by atoms with E-state index in [9.17, 15) is 18.7 Å². The molecule has 140 valence electrons. The van der Waals surface area contributed by atoms with Gasteiger partial charge in [-0.2, -0.15) is 0 Å². The molecule has 2 N–H and O–H groups in total. The number of aromatic nitrogens is 3. The van der Waals surface area contributed by atoms with Crippen LogP contribution in [0.5, 0.6) is 0 Å². The Morgan fingerprint density at radius 1 is 1.30 bits per heavy atom. The van der Waals surface area contributed by atoms with Gasteiger partial charge in [0, 0.05) is 25.4 Å². The number of piperidine rings is 1. The van der Waals surface area contributed by atoms with E-state index in [1.807, 2.05) is 11.0 Å². The van der Waals surface area contributed by atoms with Crippen LogP contribution in [0.15, 0.2) is 36.8 Å². The van der Waals surface area contributed by atoms with Crippen LogP contribution >= 0.6 is 0 Å². The van der Waals surface area contributed by atoms with Crippen molar-refractivity contribution in [1.82, 2.24) is 15.0 Å². The van der Waals surface area contributed by atoms with Gasteiger partial charge in [-0.15, -0.1) is 0 Å². The van der Waals surface area contributed by atoms with Crippen LogP contribution in [0.1, 0.15) is 18.4 Å². The van der Waals surface area contributed by atoms with Crippen molar-refractivity contribution in [2.24, 2.45) is 5.41 Å². The maximum atomic E-state index is 14.2. The molecule has 1 atom stereocenters. The highest BCUT2D eigenvalue weighted by Crippen LogP contribution is 2.37. The molecule has 1 aliphatic heterocycles. The molecule has 0 amide bonds. The Balaban J connectivity index is 1.69. The quantitative estimate of drug-likeness (QED) is 0.735. The summed E-state index contributed by atoms with van der Waals surface area (Å²) < 4.78 is 27.4. The summed E-state index contributed by atoms with van der Waals surface area (Å²) in [7, 11) is 0. The van der Waals surface area contributed by atoms with E-state index in [4.69, 9.17) is 0 Å². The first-order chi connectivity index (χ1) is 13.0. The highest BCUT2D eigenvalue weighted by atomic mass is 19.1. The zero-order valence-corrected chi connectivity index (χ0v) is 14.5. The average Bonchev–Trinajstić information content (AvgIpc) is 3.13. The van der Waals surface area contributed by atoms with Gasteiger partial charge in [0.1, 0.15) is 29.4 Å². The Bertz CT molecular complexity index is 1010. The largest absolute Gasteiger partial charge is 0.481 e. The molecule has 27 heavy (non-hydrogen) atoms. The van der Waals surface area contributed by atoms with E-state index in [1.54, 1.807) is 6.20 Å². The van der Waals surface area contributed by atoms with Crippen molar-refractivity contribution in [1.29, 1.82) is 0 Å². The predicted octanol–water partition coefficient (Wildman–Crippen LogP) is 3.15. The third-order valence-corrected chi connectivity index (χ3v) is 5.21. The molecule has 1 aromatic carbocycles. The van der Waals surface area contributed by atoms with Gasteiger partial charge in [0.15, 0.2) is 0 Å². The number of halogens is 2. The lowest BCUT2D eigenvalue weighted by atomic mass is 9.75. The summed E-state index contributed by atoms with van der Waals surface area (Å²) in [6, 6.07) is 5.12. The van der Waals surface area contributed by atoms with Crippen molar-refractivity contribution in [2.45, 2.75) is 19.3 Å². The smallest absolute Gasteiger partial charge is 0.311 e. The summed E-state index contributed by atoms with van der Waals surface area (Å²) in [6.45, 7) is 0.842. The number of nitrogens with zero attached hydrogens (tertiary/aromatic N) is 3. The minimum atomic E-state index is -1.18. The Kier molecular flexibility index (Phi) is 4.25. The number of rotatable bonds is 4. The van der Waals surface area contributed by atoms with Crippen molar-refractivity contribution in [2.75, 3.05) is 18.0 Å². The molecule has 0 spiro atoms. The number of H-pyrrole nitrogens is 1. The molecule has 3 heterocycles. The summed E-state index contributed by atoms with van der Waals surface area (Å²) in [4.78, 5) is 25.6. The normalized spacial score (nSPS) is 20.1. The van der Waals surface area contributed by atoms with Gasteiger partial charge in [-0.05, 0) is 37.0 Å². The molecule has 3 aromatic rings. The minimum absolute atomic E-state index is 0.00763. The second-order valence-corrected chi connectivity index (χ2v) is 6.96. The van der Waals surface area contributed by atoms with Crippen molar-refractivity contribution < 1.29 is 18.7 Å². The Labute approximate surface area is 153 Å². The van der Waals surface area contributed by atoms with Gasteiger partial charge in [-0.25, -0.2) is 18.7 Å². The maximum Gasteiger partial charge on any atom is 0.311 e. The standard InChI is InChI=1S/C19H18F2N4O2/c20-13-3-2-12(15(21)8-13)9-19(18(26)27)5-1-7-25(10-19)17-14-4-6-22-16(14)23-11-24-17/h2-4,6,8,11H,1,5,7,9-10H2,(H,26,27)(H,22,23,24). The zero-order chi connectivity index (χ0) is 19.0. The van der Waals surface area contributed by atoms with Crippen LogP contribution in [0, 0.1) is 17.0 Å². The van der Waals surface area contributed by atoms with Gasteiger partial charge in [0.05, 0.1) is 10.8 Å². The van der Waals surface area contributed by atoms with E-state index in [2.05, 4.69) is 15.0 Å². The van der Waals surface area contributed by atoms with Crippen molar-refractivity contribution in [3.05, 3.63) is 54.0 Å². The highest BCUT2D eigenvalue weighted by molar-refractivity contribution is 5.88. The average molecular weight is 372 g/mol. The first-order valence-corrected chi connectivity index (χ1v) is 8.69. The molecular weight excluding hydrogens is 354 g/mol. The summed E-state index contributed by atoms with van der Waals surface area (Å²) in [5, 5.41) is 10.8. The van der Waals surface area contributed by atoms with E-state index in [0.29, 0.717) is 30.9 Å². The van der Waals surface area contributed by atoms with Crippen LogP contribution in [0.3, 0.4) is 0 Å². The number of benzene rings is 1. The number of anilines is 1. The predicted molar refractivity (Wildman–Crippen MR) is 95.5 cm³/mol. The molecule has 0 radical (unpaired) electrons. The maximum absolute atomic E-state index is 14.2. The second kappa shape index (κ2) is 6.61. The van der Waals surface area contributed by atoms with Gasteiger partial charge in [-0.3, -0.25) is 4.79 Å². The molecular formula is C19H18F2N4O2. The second-order valence-electron chi connectivity index (χ2n) is 6.96. The molecule has 4 rings (SSSR count). The SMILES string of the molecule is O=C(O)C1(Cc2ccc(F)cc2F)CCCN(c2ncnc3[nH]ccc23)C1. The van der Waals surface area contributed by atoms with Gasteiger partial charge in [0.2, 0.25) is 0 Å². The third kappa shape index (κ3) is 3.11. The molecule has 1 saturated heterocycles. The number of carboxylic acid groups (broad SMARTS) is 1. The van der Waals surface area contributed by atoms with Crippen LogP contribution in [-0.4, -0.2) is 39.1 Å². The van der Waals surface area contributed by atoms with E-state index in [-0.39, 0.29) is 18.5 Å². The molecule has 6 nitrogen and oxygen atoms in total. The Morgan fingerprint density at radius 2 is 2.15 bits per heavy atom. The van der Waals surface area contributed by atoms with Crippen LogP contribution in [0.4, 0.5) is 14.6 Å². The summed E-state index contributed by atoms with van der Waals surface area (Å²) in [5.41, 5.74) is -0.295. The number of carbonyl (C=O) groups is 1. The van der Waals surface area contributed by atoms with Crippen molar-refractivity contribution in [3.63, 3.8) is 0 Å². The van der Waals surface area contributed by atoms with Crippen LogP contribution in [0.2, 0.25) is 0 Å². The highest BCUT2D eigenvalue weighted by Gasteiger charge is 2.43. The first-order valence-electron chi connectivity index (χ1n) is 8.69. The monoisotopic (exact) mass is 372 g/mol. The molecule has 1 aliphatic rings. The molecule has 1 unspecified atom stereocenters. The molecule has 0 saturated carbocycles. The number of hydrogen-bond acceptors (Lipinski definition) is 4. The van der Waals surface area contributed by atoms with E-state index < -0.39 is 23.0 Å². The Hall–Kier alpha value is -3.03. The van der Waals surface area contributed by atoms with Crippen LogP contribution in [-0.2, 0) is 11.2 Å². The Morgan fingerprint density at radius 3 is 2.93 bits per heavy atom. The molecule has 0 bridgehead atoms. The molecule has 8 heteroatoms. The van der Waals surface area contributed by atoms with Crippen molar-refractivity contribution in [3.8, 4) is 0 Å². The molecule has 2 aromatic heterocycles. The summed E-state index contributed by atoms with van der Waals surface area (Å²) in [5.74, 6) is -1.73. The van der Waals surface area contributed by atoms with Gasteiger partial charge >= 0.3 is 5.97 Å². The van der Waals surface area contributed by atoms with Crippen LogP contribution < -0.4 is 4.90 Å². The van der Waals surface area contributed by atoms with E-state index in [1.165, 1.54) is 12.4 Å². The van der Waals surface area contributed by atoms with E-state index in [0.717, 1.165) is 17.5 Å². The number of nitrogens with one attached hydrogen (secondary N) is 1. The lowest BCUT2D eigenvalue weighted by Crippen LogP contribution is -2.49. The third-order valence-electron chi connectivity index (χ3n) is 5.21. The number of hydrogen-bond donors (Lipinski definition) is 2.